The van der Waals surface area contributed by atoms with E-state index in [2.05, 4.69) is 5.32 Å². The monoisotopic (exact) mass is 286 g/mol. The Morgan fingerprint density at radius 2 is 2.00 bits per heavy atom. The van der Waals surface area contributed by atoms with Crippen molar-refractivity contribution in [1.29, 1.82) is 0 Å². The highest BCUT2D eigenvalue weighted by molar-refractivity contribution is 5.87. The summed E-state index contributed by atoms with van der Waals surface area (Å²) < 4.78 is 5.29. The summed E-state index contributed by atoms with van der Waals surface area (Å²) >= 11 is 0. The minimum Gasteiger partial charge on any atom is -0.481 e. The van der Waals surface area contributed by atoms with Crippen LogP contribution < -0.4 is 5.32 Å². The predicted molar refractivity (Wildman–Crippen MR) is 71.0 cm³/mol. The minimum absolute atomic E-state index is 0.0735. The number of nitrogens with zero attached hydrogens (tertiary/aromatic N) is 1. The lowest BCUT2D eigenvalue weighted by molar-refractivity contribution is -0.147. The lowest BCUT2D eigenvalue weighted by atomic mass is 9.96. The van der Waals surface area contributed by atoms with E-state index in [1.165, 1.54) is 4.90 Å². The Morgan fingerprint density at radius 3 is 2.55 bits per heavy atom. The van der Waals surface area contributed by atoms with E-state index in [4.69, 9.17) is 9.84 Å². The zero-order valence-corrected chi connectivity index (χ0v) is 12.1. The molecule has 0 bridgehead atoms. The molecule has 1 rings (SSSR count). The van der Waals surface area contributed by atoms with Crippen LogP contribution >= 0.6 is 0 Å². The molecule has 0 aromatic heterocycles. The van der Waals surface area contributed by atoms with Crippen LogP contribution in [0.2, 0.25) is 0 Å². The zero-order chi connectivity index (χ0) is 15.3. The first-order chi connectivity index (χ1) is 9.20. The van der Waals surface area contributed by atoms with Gasteiger partial charge in [0.15, 0.2) is 0 Å². The average Bonchev–Trinajstić information content (AvgIpc) is 2.33. The molecule has 1 saturated heterocycles. The van der Waals surface area contributed by atoms with E-state index in [1.54, 1.807) is 20.8 Å². The van der Waals surface area contributed by atoms with Gasteiger partial charge in [0, 0.05) is 18.5 Å². The topological polar surface area (TPSA) is 95.9 Å². The summed E-state index contributed by atoms with van der Waals surface area (Å²) in [6.45, 7) is 6.21. The van der Waals surface area contributed by atoms with E-state index in [0.29, 0.717) is 13.2 Å². The largest absolute Gasteiger partial charge is 0.481 e. The second-order valence-corrected chi connectivity index (χ2v) is 5.86. The number of carbonyl (C=O) groups excluding carboxylic acids is 2. The van der Waals surface area contributed by atoms with Crippen LogP contribution in [-0.2, 0) is 19.1 Å². The molecule has 7 nitrogen and oxygen atoms in total. The predicted octanol–water partition coefficient (Wildman–Crippen LogP) is -0.149. The van der Waals surface area contributed by atoms with Crippen LogP contribution in [0.4, 0.5) is 0 Å². The van der Waals surface area contributed by atoms with Crippen molar-refractivity contribution < 1.29 is 24.2 Å². The molecule has 2 amide bonds. The normalized spacial score (nSPS) is 19.6. The Bertz CT molecular complexity index is 389. The second kappa shape index (κ2) is 6.69. The Hall–Kier alpha value is -1.63. The fourth-order valence-corrected chi connectivity index (χ4v) is 1.80. The van der Waals surface area contributed by atoms with Crippen molar-refractivity contribution in [3.05, 3.63) is 0 Å². The van der Waals surface area contributed by atoms with Crippen LogP contribution in [-0.4, -0.2) is 60.1 Å². The number of hydrogen-bond donors (Lipinski definition) is 2. The fourth-order valence-electron chi connectivity index (χ4n) is 1.80. The molecule has 0 aliphatic carbocycles. The molecule has 2 N–H and O–H groups in total. The molecule has 1 aliphatic rings. The zero-order valence-electron chi connectivity index (χ0n) is 12.1. The van der Waals surface area contributed by atoms with Gasteiger partial charge in [-0.1, -0.05) is 20.8 Å². The quantitative estimate of drug-likeness (QED) is 0.749. The number of carboxylic acids is 1. The summed E-state index contributed by atoms with van der Waals surface area (Å²) in [5, 5.41) is 11.3. The van der Waals surface area contributed by atoms with Gasteiger partial charge in [-0.15, -0.1) is 0 Å². The Labute approximate surface area is 118 Å². The van der Waals surface area contributed by atoms with E-state index in [-0.39, 0.29) is 31.3 Å². The first-order valence-electron chi connectivity index (χ1n) is 6.59. The van der Waals surface area contributed by atoms with Gasteiger partial charge in [0.05, 0.1) is 25.7 Å². The van der Waals surface area contributed by atoms with Gasteiger partial charge in [-0.2, -0.15) is 0 Å². The number of nitrogens with one attached hydrogen (secondary N) is 1. The summed E-state index contributed by atoms with van der Waals surface area (Å²) in [4.78, 5) is 35.8. The molecule has 0 aromatic carbocycles. The Morgan fingerprint density at radius 1 is 1.35 bits per heavy atom. The van der Waals surface area contributed by atoms with Crippen molar-refractivity contribution in [1.82, 2.24) is 10.2 Å². The van der Waals surface area contributed by atoms with Gasteiger partial charge < -0.3 is 20.1 Å². The molecule has 1 heterocycles. The Kier molecular flexibility index (Phi) is 5.50. The highest BCUT2D eigenvalue weighted by atomic mass is 16.5. The van der Waals surface area contributed by atoms with E-state index in [0.717, 1.165) is 0 Å². The highest BCUT2D eigenvalue weighted by Crippen LogP contribution is 2.12. The molecule has 1 fully saturated rings. The standard InChI is InChI=1S/C13H22N2O5/c1-13(2,3)12(19)14-7-10(16)15-4-5-20-9(8-15)6-11(17)18/h9H,4-8H2,1-3H3,(H,14,19)(H,17,18). The third-order valence-corrected chi connectivity index (χ3v) is 2.98. The highest BCUT2D eigenvalue weighted by Gasteiger charge is 2.27. The molecule has 0 spiro atoms. The first-order valence-corrected chi connectivity index (χ1v) is 6.59. The van der Waals surface area contributed by atoms with Gasteiger partial charge in [-0.25, -0.2) is 0 Å². The molecule has 1 aliphatic heterocycles. The smallest absolute Gasteiger partial charge is 0.306 e. The number of rotatable bonds is 4. The number of carbonyl (C=O) groups is 3. The molecular weight excluding hydrogens is 264 g/mol. The van der Waals surface area contributed by atoms with Crippen LogP contribution in [0.25, 0.3) is 0 Å². The van der Waals surface area contributed by atoms with E-state index in [9.17, 15) is 14.4 Å². The fraction of sp³-hybridized carbons (Fsp3) is 0.769. The van der Waals surface area contributed by atoms with E-state index < -0.39 is 17.5 Å². The molecule has 0 radical (unpaired) electrons. The summed E-state index contributed by atoms with van der Waals surface area (Å²) in [5.41, 5.74) is -0.545. The van der Waals surface area contributed by atoms with E-state index in [1.807, 2.05) is 0 Å². The number of ether oxygens (including phenoxy) is 1. The first kappa shape index (κ1) is 16.4. The molecule has 1 atom stereocenters. The Balaban J connectivity index is 2.43. The maximum atomic E-state index is 12.0. The van der Waals surface area contributed by atoms with Gasteiger partial charge in [0.2, 0.25) is 11.8 Å². The van der Waals surface area contributed by atoms with E-state index >= 15 is 0 Å². The molecular formula is C13H22N2O5. The van der Waals surface area contributed by atoms with Crippen molar-refractivity contribution in [2.75, 3.05) is 26.2 Å². The molecule has 20 heavy (non-hydrogen) atoms. The van der Waals surface area contributed by atoms with Gasteiger partial charge in [-0.3, -0.25) is 14.4 Å². The third-order valence-electron chi connectivity index (χ3n) is 2.98. The number of hydrogen-bond acceptors (Lipinski definition) is 4. The van der Waals surface area contributed by atoms with Gasteiger partial charge in [0.25, 0.3) is 0 Å². The molecule has 1 unspecified atom stereocenters. The number of amides is 2. The van der Waals surface area contributed by atoms with Crippen molar-refractivity contribution in [2.24, 2.45) is 5.41 Å². The number of carboxylic acid groups (broad SMARTS) is 1. The second-order valence-electron chi connectivity index (χ2n) is 5.86. The summed E-state index contributed by atoms with van der Waals surface area (Å²) in [6.07, 6.45) is -0.610. The lowest BCUT2D eigenvalue weighted by Gasteiger charge is -2.32. The number of aliphatic carboxylic acids is 1. The molecule has 114 valence electrons. The third kappa shape index (κ3) is 5.16. The average molecular weight is 286 g/mol. The van der Waals surface area contributed by atoms with Crippen molar-refractivity contribution >= 4 is 17.8 Å². The summed E-state index contributed by atoms with van der Waals surface area (Å²) in [7, 11) is 0. The van der Waals surface area contributed by atoms with Gasteiger partial charge in [-0.05, 0) is 0 Å². The van der Waals surface area contributed by atoms with Crippen LogP contribution in [0.5, 0.6) is 0 Å². The maximum absolute atomic E-state index is 12.0. The van der Waals surface area contributed by atoms with Gasteiger partial charge in [0.1, 0.15) is 0 Å². The van der Waals surface area contributed by atoms with Crippen LogP contribution in [0.3, 0.4) is 0 Å². The summed E-state index contributed by atoms with van der Waals surface area (Å²) in [5.74, 6) is -1.37. The van der Waals surface area contributed by atoms with Crippen molar-refractivity contribution in [3.8, 4) is 0 Å². The molecule has 0 saturated carbocycles. The molecule has 7 heteroatoms. The van der Waals surface area contributed by atoms with Crippen LogP contribution in [0, 0.1) is 5.41 Å². The SMILES string of the molecule is CC(C)(C)C(=O)NCC(=O)N1CCOC(CC(=O)O)C1. The number of morpholine rings is 1. The maximum Gasteiger partial charge on any atom is 0.306 e. The van der Waals surface area contributed by atoms with Crippen molar-refractivity contribution in [3.63, 3.8) is 0 Å². The molecule has 0 aromatic rings. The van der Waals surface area contributed by atoms with Crippen molar-refractivity contribution in [2.45, 2.75) is 33.3 Å². The minimum atomic E-state index is -0.953. The lowest BCUT2D eigenvalue weighted by Crippen LogP contribution is -2.50. The summed E-state index contributed by atoms with van der Waals surface area (Å²) in [6, 6.07) is 0. The van der Waals surface area contributed by atoms with Gasteiger partial charge >= 0.3 is 5.97 Å². The van der Waals surface area contributed by atoms with Crippen LogP contribution in [0.1, 0.15) is 27.2 Å². The van der Waals surface area contributed by atoms with Crippen LogP contribution in [0.15, 0.2) is 0 Å².